The second-order valence-electron chi connectivity index (χ2n) is 3.33. The lowest BCUT2D eigenvalue weighted by Gasteiger charge is -2.06. The number of aliphatic carboxylic acids is 1. The van der Waals surface area contributed by atoms with E-state index in [1.165, 1.54) is 6.07 Å². The molecule has 1 aromatic carbocycles. The van der Waals surface area contributed by atoms with Crippen molar-refractivity contribution in [1.29, 1.82) is 0 Å². The third-order valence-corrected chi connectivity index (χ3v) is 2.06. The quantitative estimate of drug-likeness (QED) is 0.626. The van der Waals surface area contributed by atoms with Crippen molar-refractivity contribution in [2.75, 3.05) is 0 Å². The van der Waals surface area contributed by atoms with Crippen molar-refractivity contribution in [1.82, 2.24) is 0 Å². The summed E-state index contributed by atoms with van der Waals surface area (Å²) >= 11 is 0. The van der Waals surface area contributed by atoms with E-state index in [0.717, 1.165) is 12.1 Å². The van der Waals surface area contributed by atoms with Crippen LogP contribution in [0.5, 0.6) is 5.75 Å². The van der Waals surface area contributed by atoms with E-state index in [-0.39, 0.29) is 12.8 Å². The average molecular weight is 261 g/mol. The van der Waals surface area contributed by atoms with Crippen LogP contribution in [0.2, 0.25) is 0 Å². The second kappa shape index (κ2) is 5.89. The Morgan fingerprint density at radius 1 is 1.50 bits per heavy atom. The van der Waals surface area contributed by atoms with Gasteiger partial charge in [-0.05, 0) is 18.1 Å². The van der Waals surface area contributed by atoms with E-state index in [1.807, 2.05) is 0 Å². The lowest BCUT2D eigenvalue weighted by molar-refractivity contribution is -0.386. The molecule has 0 heterocycles. The maximum atomic E-state index is 12.0. The molecule has 0 bridgehead atoms. The molecule has 0 spiro atoms. The van der Waals surface area contributed by atoms with Crippen LogP contribution in [-0.2, 0) is 11.2 Å². The summed E-state index contributed by atoms with van der Waals surface area (Å²) in [6, 6.07) is 3.37. The van der Waals surface area contributed by atoms with Gasteiger partial charge >= 0.3 is 18.3 Å². The highest BCUT2D eigenvalue weighted by Crippen LogP contribution is 2.29. The van der Waals surface area contributed by atoms with E-state index >= 15 is 0 Å². The Morgan fingerprint density at radius 2 is 2.17 bits per heavy atom. The molecule has 6 nitrogen and oxygen atoms in total. The number of hydrogen-bond donors (Lipinski definition) is 1. The van der Waals surface area contributed by atoms with Gasteiger partial charge in [0, 0.05) is 12.5 Å². The van der Waals surface area contributed by atoms with Crippen LogP contribution in [0.3, 0.4) is 0 Å². The fraction of sp³-hybridized carbons (Fsp3) is 0.300. The molecule has 0 aromatic heterocycles. The number of benzene rings is 1. The normalized spacial score (nSPS) is 10.4. The Balaban J connectivity index is 2.95. The molecule has 0 amide bonds. The van der Waals surface area contributed by atoms with Gasteiger partial charge in [-0.1, -0.05) is 6.07 Å². The van der Waals surface area contributed by atoms with E-state index in [4.69, 9.17) is 5.11 Å². The highest BCUT2D eigenvalue weighted by atomic mass is 19.3. The minimum atomic E-state index is -3.16. The first-order valence-corrected chi connectivity index (χ1v) is 4.84. The second-order valence-corrected chi connectivity index (χ2v) is 3.33. The number of rotatable bonds is 6. The lowest BCUT2D eigenvalue weighted by Crippen LogP contribution is -2.05. The van der Waals surface area contributed by atoms with Crippen LogP contribution in [0.15, 0.2) is 18.2 Å². The summed E-state index contributed by atoms with van der Waals surface area (Å²) in [4.78, 5) is 20.1. The Morgan fingerprint density at radius 3 is 2.67 bits per heavy atom. The molecule has 1 rings (SSSR count). The van der Waals surface area contributed by atoms with Crippen molar-refractivity contribution in [3.8, 4) is 5.75 Å². The van der Waals surface area contributed by atoms with Crippen LogP contribution in [0.1, 0.15) is 12.0 Å². The molecule has 0 fully saturated rings. The molecule has 0 aliphatic rings. The highest BCUT2D eigenvalue weighted by Gasteiger charge is 2.19. The van der Waals surface area contributed by atoms with Crippen molar-refractivity contribution in [2.24, 2.45) is 0 Å². The summed E-state index contributed by atoms with van der Waals surface area (Å²) in [5.41, 5.74) is -0.246. The number of hydrogen-bond acceptors (Lipinski definition) is 4. The predicted octanol–water partition coefficient (Wildman–Crippen LogP) is 2.21. The molecule has 98 valence electrons. The van der Waals surface area contributed by atoms with Crippen molar-refractivity contribution in [2.45, 2.75) is 19.5 Å². The van der Waals surface area contributed by atoms with Crippen LogP contribution in [-0.4, -0.2) is 22.6 Å². The number of halogens is 2. The maximum absolute atomic E-state index is 12.0. The Labute approximate surface area is 99.9 Å². The topological polar surface area (TPSA) is 89.7 Å². The van der Waals surface area contributed by atoms with Gasteiger partial charge in [-0.3, -0.25) is 14.9 Å². The smallest absolute Gasteiger partial charge is 0.387 e. The standard InChI is InChI=1S/C10H9F2NO5/c11-10(12)18-8-3-1-6(2-4-9(14)15)5-7(8)13(16)17/h1,3,5,10H,2,4H2,(H,14,15). The lowest BCUT2D eigenvalue weighted by atomic mass is 10.1. The zero-order valence-corrected chi connectivity index (χ0v) is 9.01. The number of carboxylic acid groups (broad SMARTS) is 1. The molecule has 1 aromatic rings. The van der Waals surface area contributed by atoms with E-state index in [2.05, 4.69) is 4.74 Å². The zero-order chi connectivity index (χ0) is 13.7. The molecule has 0 saturated carbocycles. The van der Waals surface area contributed by atoms with Gasteiger partial charge in [0.15, 0.2) is 0 Å². The van der Waals surface area contributed by atoms with Crippen molar-refractivity contribution >= 4 is 11.7 Å². The number of alkyl halides is 2. The molecule has 18 heavy (non-hydrogen) atoms. The minimum Gasteiger partial charge on any atom is -0.481 e. The third kappa shape index (κ3) is 3.96. The van der Waals surface area contributed by atoms with Gasteiger partial charge in [0.2, 0.25) is 5.75 Å². The van der Waals surface area contributed by atoms with Gasteiger partial charge < -0.3 is 9.84 Å². The predicted molar refractivity (Wildman–Crippen MR) is 55.7 cm³/mol. The van der Waals surface area contributed by atoms with Crippen molar-refractivity contribution < 1.29 is 28.3 Å². The Kier molecular flexibility index (Phi) is 4.52. The molecule has 0 atom stereocenters. The largest absolute Gasteiger partial charge is 0.481 e. The van der Waals surface area contributed by atoms with Gasteiger partial charge in [0.1, 0.15) is 0 Å². The average Bonchev–Trinajstić information content (AvgIpc) is 2.26. The third-order valence-electron chi connectivity index (χ3n) is 2.06. The monoisotopic (exact) mass is 261 g/mol. The van der Waals surface area contributed by atoms with Gasteiger partial charge in [-0.2, -0.15) is 8.78 Å². The number of carboxylic acids is 1. The van der Waals surface area contributed by atoms with Crippen LogP contribution in [0.4, 0.5) is 14.5 Å². The summed E-state index contributed by atoms with van der Waals surface area (Å²) in [6.45, 7) is -3.16. The summed E-state index contributed by atoms with van der Waals surface area (Å²) in [5, 5.41) is 19.1. The molecule has 0 saturated heterocycles. The number of nitrogens with zero attached hydrogens (tertiary/aromatic N) is 1. The fourth-order valence-corrected chi connectivity index (χ4v) is 1.31. The molecular weight excluding hydrogens is 252 g/mol. The highest BCUT2D eigenvalue weighted by molar-refractivity contribution is 5.67. The summed E-state index contributed by atoms with van der Waals surface area (Å²) in [7, 11) is 0. The van der Waals surface area contributed by atoms with E-state index in [1.54, 1.807) is 0 Å². The van der Waals surface area contributed by atoms with Gasteiger partial charge in [0.05, 0.1) is 4.92 Å². The minimum absolute atomic E-state index is 0.0745. The van der Waals surface area contributed by atoms with Gasteiger partial charge in [0.25, 0.3) is 0 Å². The van der Waals surface area contributed by atoms with Crippen LogP contribution in [0.25, 0.3) is 0 Å². The molecule has 1 N–H and O–H groups in total. The first-order valence-electron chi connectivity index (χ1n) is 4.84. The van der Waals surface area contributed by atoms with Crippen molar-refractivity contribution in [3.63, 3.8) is 0 Å². The molecular formula is C10H9F2NO5. The molecule has 0 unspecified atom stereocenters. The number of aryl methyl sites for hydroxylation is 1. The maximum Gasteiger partial charge on any atom is 0.387 e. The summed E-state index contributed by atoms with van der Waals surface area (Å²) in [6.07, 6.45) is -0.128. The zero-order valence-electron chi connectivity index (χ0n) is 9.01. The molecule has 8 heteroatoms. The van der Waals surface area contributed by atoms with Crippen LogP contribution >= 0.6 is 0 Å². The number of ether oxygens (including phenoxy) is 1. The fourth-order valence-electron chi connectivity index (χ4n) is 1.31. The number of nitro benzene ring substituents is 1. The van der Waals surface area contributed by atoms with Crippen LogP contribution in [0, 0.1) is 10.1 Å². The van der Waals surface area contributed by atoms with Crippen LogP contribution < -0.4 is 4.74 Å². The first-order chi connectivity index (χ1) is 8.40. The number of carbonyl (C=O) groups is 1. The van der Waals surface area contributed by atoms with Crippen molar-refractivity contribution in [3.05, 3.63) is 33.9 Å². The molecule has 0 aliphatic heterocycles. The number of nitro groups is 1. The SMILES string of the molecule is O=C(O)CCc1ccc(OC(F)F)c([N+](=O)[O-])c1. The van der Waals surface area contributed by atoms with Gasteiger partial charge in [-0.25, -0.2) is 0 Å². The molecule has 0 radical (unpaired) electrons. The Hall–Kier alpha value is -2.25. The first kappa shape index (κ1) is 13.8. The van der Waals surface area contributed by atoms with E-state index in [9.17, 15) is 23.7 Å². The van der Waals surface area contributed by atoms with E-state index < -0.39 is 28.9 Å². The Bertz CT molecular complexity index is 464. The summed E-state index contributed by atoms with van der Waals surface area (Å²) in [5.74, 6) is -1.60. The molecule has 0 aliphatic carbocycles. The summed E-state index contributed by atoms with van der Waals surface area (Å²) < 4.78 is 28.0. The van der Waals surface area contributed by atoms with E-state index in [0.29, 0.717) is 5.56 Å². The van der Waals surface area contributed by atoms with Gasteiger partial charge in [-0.15, -0.1) is 0 Å².